The lowest BCUT2D eigenvalue weighted by atomic mass is 10.2. The van der Waals surface area contributed by atoms with E-state index in [-0.39, 0.29) is 5.97 Å². The van der Waals surface area contributed by atoms with Crippen LogP contribution >= 0.6 is 39.7 Å². The molecular formula is C16H14BrClN2O2S. The predicted octanol–water partition coefficient (Wildman–Crippen LogP) is 5.09. The van der Waals surface area contributed by atoms with Crippen molar-refractivity contribution in [3.05, 3.63) is 57.5 Å². The molecule has 2 rings (SSSR count). The molecule has 0 spiro atoms. The van der Waals surface area contributed by atoms with Crippen molar-refractivity contribution in [3.8, 4) is 0 Å². The quantitative estimate of drug-likeness (QED) is 0.540. The molecule has 0 aliphatic heterocycles. The van der Waals surface area contributed by atoms with Crippen molar-refractivity contribution in [2.24, 2.45) is 0 Å². The summed E-state index contributed by atoms with van der Waals surface area (Å²) in [7, 11) is 0. The van der Waals surface area contributed by atoms with Gasteiger partial charge >= 0.3 is 5.97 Å². The van der Waals surface area contributed by atoms with Gasteiger partial charge in [0.25, 0.3) is 0 Å². The third-order valence-corrected chi connectivity index (χ3v) is 3.82. The smallest absolute Gasteiger partial charge is 0.338 e. The van der Waals surface area contributed by atoms with Gasteiger partial charge in [0.2, 0.25) is 0 Å². The van der Waals surface area contributed by atoms with E-state index in [1.54, 1.807) is 37.3 Å². The molecule has 0 aromatic heterocycles. The molecule has 0 radical (unpaired) electrons. The van der Waals surface area contributed by atoms with Gasteiger partial charge in [-0.15, -0.1) is 0 Å². The van der Waals surface area contributed by atoms with Crippen molar-refractivity contribution in [2.75, 3.05) is 17.2 Å². The summed E-state index contributed by atoms with van der Waals surface area (Å²) in [5.74, 6) is -0.369. The predicted molar refractivity (Wildman–Crippen MR) is 101 cm³/mol. The number of anilines is 2. The van der Waals surface area contributed by atoms with Gasteiger partial charge in [0.15, 0.2) is 5.11 Å². The summed E-state index contributed by atoms with van der Waals surface area (Å²) in [6, 6.07) is 12.4. The van der Waals surface area contributed by atoms with Crippen LogP contribution in [-0.2, 0) is 4.74 Å². The van der Waals surface area contributed by atoms with Gasteiger partial charge in [-0.25, -0.2) is 4.79 Å². The lowest BCUT2D eigenvalue weighted by molar-refractivity contribution is 0.0526. The molecule has 0 heterocycles. The van der Waals surface area contributed by atoms with Gasteiger partial charge in [0.05, 0.1) is 22.9 Å². The summed E-state index contributed by atoms with van der Waals surface area (Å²) in [6.07, 6.45) is 0. The number of rotatable bonds is 4. The Balaban J connectivity index is 2.05. The molecule has 2 aromatic carbocycles. The minimum atomic E-state index is -0.369. The first-order valence-electron chi connectivity index (χ1n) is 6.80. The Hall–Kier alpha value is -1.63. The Morgan fingerprint density at radius 3 is 2.74 bits per heavy atom. The van der Waals surface area contributed by atoms with Crippen LogP contribution in [0.3, 0.4) is 0 Å². The molecule has 0 saturated heterocycles. The molecule has 7 heteroatoms. The highest BCUT2D eigenvalue weighted by Gasteiger charge is 2.08. The molecule has 23 heavy (non-hydrogen) atoms. The second kappa shape index (κ2) is 8.29. The Labute approximate surface area is 153 Å². The standard InChI is InChI=1S/C16H14BrClN2O2S/c1-2-22-15(21)10-4-3-5-12(8-10)19-16(23)20-14-7-6-11(17)9-13(14)18/h3-9H,2H2,1H3,(H2,19,20,23). The fourth-order valence-electron chi connectivity index (χ4n) is 1.81. The van der Waals surface area contributed by atoms with E-state index in [1.165, 1.54) is 0 Å². The van der Waals surface area contributed by atoms with Crippen LogP contribution in [0.4, 0.5) is 11.4 Å². The van der Waals surface area contributed by atoms with E-state index >= 15 is 0 Å². The minimum Gasteiger partial charge on any atom is -0.462 e. The van der Waals surface area contributed by atoms with E-state index < -0.39 is 0 Å². The highest BCUT2D eigenvalue weighted by Crippen LogP contribution is 2.25. The Bertz CT molecular complexity index is 740. The van der Waals surface area contributed by atoms with Gasteiger partial charge in [-0.3, -0.25) is 0 Å². The number of carbonyl (C=O) groups excluding carboxylic acids is 1. The summed E-state index contributed by atoms with van der Waals surface area (Å²) >= 11 is 14.7. The molecule has 0 saturated carbocycles. The van der Waals surface area contributed by atoms with E-state index in [1.807, 2.05) is 12.1 Å². The van der Waals surface area contributed by atoms with Crippen molar-refractivity contribution in [2.45, 2.75) is 6.92 Å². The van der Waals surface area contributed by atoms with Crippen molar-refractivity contribution >= 4 is 62.2 Å². The van der Waals surface area contributed by atoms with Gasteiger partial charge in [-0.05, 0) is 55.5 Å². The summed E-state index contributed by atoms with van der Waals surface area (Å²) in [4.78, 5) is 11.7. The Morgan fingerprint density at radius 1 is 1.26 bits per heavy atom. The van der Waals surface area contributed by atoms with Crippen LogP contribution in [0.1, 0.15) is 17.3 Å². The first-order valence-corrected chi connectivity index (χ1v) is 8.37. The van der Waals surface area contributed by atoms with E-state index in [2.05, 4.69) is 26.6 Å². The average molecular weight is 414 g/mol. The number of hydrogen-bond donors (Lipinski definition) is 2. The van der Waals surface area contributed by atoms with E-state index in [9.17, 15) is 4.79 Å². The first kappa shape index (κ1) is 17.7. The molecule has 0 atom stereocenters. The molecule has 2 aromatic rings. The Morgan fingerprint density at radius 2 is 2.04 bits per heavy atom. The van der Waals surface area contributed by atoms with Gasteiger partial charge in [0, 0.05) is 10.2 Å². The van der Waals surface area contributed by atoms with Gasteiger partial charge in [-0.1, -0.05) is 33.6 Å². The number of hydrogen-bond acceptors (Lipinski definition) is 3. The number of ether oxygens (including phenoxy) is 1. The normalized spacial score (nSPS) is 10.0. The first-order chi connectivity index (χ1) is 11.0. The van der Waals surface area contributed by atoms with Crippen molar-refractivity contribution in [1.82, 2.24) is 0 Å². The molecule has 0 amide bonds. The lowest BCUT2D eigenvalue weighted by Gasteiger charge is -2.12. The number of benzene rings is 2. The van der Waals surface area contributed by atoms with E-state index in [0.717, 1.165) is 4.47 Å². The molecule has 0 aliphatic carbocycles. The molecule has 0 fully saturated rings. The van der Waals surface area contributed by atoms with Crippen LogP contribution in [0.5, 0.6) is 0 Å². The second-order valence-electron chi connectivity index (χ2n) is 4.50. The van der Waals surface area contributed by atoms with Crippen LogP contribution in [0.2, 0.25) is 5.02 Å². The molecule has 4 nitrogen and oxygen atoms in total. The minimum absolute atomic E-state index is 0.332. The lowest BCUT2D eigenvalue weighted by Crippen LogP contribution is -2.19. The third-order valence-electron chi connectivity index (χ3n) is 2.81. The molecule has 120 valence electrons. The maximum absolute atomic E-state index is 11.7. The summed E-state index contributed by atoms with van der Waals surface area (Å²) in [5.41, 5.74) is 1.83. The maximum Gasteiger partial charge on any atom is 0.338 e. The zero-order valence-electron chi connectivity index (χ0n) is 12.2. The largest absolute Gasteiger partial charge is 0.462 e. The summed E-state index contributed by atoms with van der Waals surface area (Å²) < 4.78 is 5.86. The summed E-state index contributed by atoms with van der Waals surface area (Å²) in [6.45, 7) is 2.10. The van der Waals surface area contributed by atoms with Gasteiger partial charge in [0.1, 0.15) is 0 Å². The number of halogens is 2. The fraction of sp³-hybridized carbons (Fsp3) is 0.125. The van der Waals surface area contributed by atoms with Crippen molar-refractivity contribution < 1.29 is 9.53 Å². The highest BCUT2D eigenvalue weighted by atomic mass is 79.9. The highest BCUT2D eigenvalue weighted by molar-refractivity contribution is 9.10. The average Bonchev–Trinajstić information content (AvgIpc) is 2.50. The molecule has 0 aliphatic rings. The SMILES string of the molecule is CCOC(=O)c1cccc(NC(=S)Nc2ccc(Br)cc2Cl)c1. The Kier molecular flexibility index (Phi) is 6.38. The van der Waals surface area contributed by atoms with E-state index in [4.69, 9.17) is 28.6 Å². The molecule has 0 unspecified atom stereocenters. The fourth-order valence-corrected chi connectivity index (χ4v) is 2.76. The van der Waals surface area contributed by atoms with Crippen LogP contribution in [0.25, 0.3) is 0 Å². The van der Waals surface area contributed by atoms with Gasteiger partial charge < -0.3 is 15.4 Å². The van der Waals surface area contributed by atoms with Crippen molar-refractivity contribution in [3.63, 3.8) is 0 Å². The van der Waals surface area contributed by atoms with Crippen LogP contribution in [0.15, 0.2) is 46.9 Å². The van der Waals surface area contributed by atoms with Gasteiger partial charge in [-0.2, -0.15) is 0 Å². The van der Waals surface area contributed by atoms with Crippen LogP contribution in [-0.4, -0.2) is 17.7 Å². The topological polar surface area (TPSA) is 50.4 Å². The summed E-state index contributed by atoms with van der Waals surface area (Å²) in [5, 5.41) is 6.94. The number of carbonyl (C=O) groups is 1. The van der Waals surface area contributed by atoms with E-state index in [0.29, 0.717) is 33.7 Å². The number of thiocarbonyl (C=S) groups is 1. The number of esters is 1. The maximum atomic E-state index is 11.7. The zero-order chi connectivity index (χ0) is 16.8. The monoisotopic (exact) mass is 412 g/mol. The number of nitrogens with one attached hydrogen (secondary N) is 2. The zero-order valence-corrected chi connectivity index (χ0v) is 15.4. The second-order valence-corrected chi connectivity index (χ2v) is 6.24. The van der Waals surface area contributed by atoms with Crippen LogP contribution in [0, 0.1) is 0 Å². The van der Waals surface area contributed by atoms with Crippen molar-refractivity contribution in [1.29, 1.82) is 0 Å². The molecule has 0 bridgehead atoms. The molecular weight excluding hydrogens is 400 g/mol. The molecule has 2 N–H and O–H groups in total. The third kappa shape index (κ3) is 5.20. The van der Waals surface area contributed by atoms with Crippen LogP contribution < -0.4 is 10.6 Å².